The van der Waals surface area contributed by atoms with E-state index in [4.69, 9.17) is 0 Å². The average Bonchev–Trinajstić information content (AvgIpc) is 2.29. The molecule has 1 aromatic rings. The number of hydrogen-bond acceptors (Lipinski definition) is 1. The molecule has 0 spiro atoms. The number of carbonyl (C=O) groups is 1. The van der Waals surface area contributed by atoms with Gasteiger partial charge in [0.2, 0.25) is 5.91 Å². The molecule has 0 bridgehead atoms. The first-order chi connectivity index (χ1) is 8.13. The molecular formula is C14H20BrNO. The maximum atomic E-state index is 11.7. The van der Waals surface area contributed by atoms with Crippen molar-refractivity contribution < 1.29 is 4.79 Å². The molecule has 0 aliphatic heterocycles. The highest BCUT2D eigenvalue weighted by molar-refractivity contribution is 9.09. The van der Waals surface area contributed by atoms with Crippen LogP contribution in [-0.4, -0.2) is 11.2 Å². The SMILES string of the molecule is CC(C)CC(NC(=O)CCBr)c1ccccc1. The van der Waals surface area contributed by atoms with Crippen LogP contribution in [0.15, 0.2) is 30.3 Å². The third kappa shape index (κ3) is 5.35. The molecule has 0 saturated carbocycles. The Kier molecular flexibility index (Phi) is 6.27. The molecule has 2 nitrogen and oxygen atoms in total. The summed E-state index contributed by atoms with van der Waals surface area (Å²) in [4.78, 5) is 11.7. The Morgan fingerprint density at radius 3 is 2.47 bits per heavy atom. The van der Waals surface area contributed by atoms with Gasteiger partial charge in [-0.1, -0.05) is 60.1 Å². The van der Waals surface area contributed by atoms with Crippen LogP contribution in [0.25, 0.3) is 0 Å². The molecule has 17 heavy (non-hydrogen) atoms. The van der Waals surface area contributed by atoms with Crippen molar-refractivity contribution in [2.45, 2.75) is 32.7 Å². The van der Waals surface area contributed by atoms with Gasteiger partial charge in [0.1, 0.15) is 0 Å². The van der Waals surface area contributed by atoms with Crippen LogP contribution in [0.4, 0.5) is 0 Å². The lowest BCUT2D eigenvalue weighted by Crippen LogP contribution is -2.29. The van der Waals surface area contributed by atoms with Crippen LogP contribution in [0.2, 0.25) is 0 Å². The van der Waals surface area contributed by atoms with Crippen LogP contribution in [0, 0.1) is 5.92 Å². The van der Waals surface area contributed by atoms with Gasteiger partial charge >= 0.3 is 0 Å². The second-order valence-corrected chi connectivity index (χ2v) is 5.39. The van der Waals surface area contributed by atoms with Gasteiger partial charge in [0, 0.05) is 11.8 Å². The fourth-order valence-electron chi connectivity index (χ4n) is 1.79. The van der Waals surface area contributed by atoms with Crippen molar-refractivity contribution in [2.75, 3.05) is 5.33 Å². The highest BCUT2D eigenvalue weighted by atomic mass is 79.9. The molecule has 94 valence electrons. The largest absolute Gasteiger partial charge is 0.349 e. The number of hydrogen-bond donors (Lipinski definition) is 1. The highest BCUT2D eigenvalue weighted by Crippen LogP contribution is 2.21. The summed E-state index contributed by atoms with van der Waals surface area (Å²) in [7, 11) is 0. The Hall–Kier alpha value is -0.830. The Balaban J connectivity index is 2.70. The fourth-order valence-corrected chi connectivity index (χ4v) is 2.15. The van der Waals surface area contributed by atoms with Crippen molar-refractivity contribution in [3.63, 3.8) is 0 Å². The Morgan fingerprint density at radius 1 is 1.29 bits per heavy atom. The van der Waals surface area contributed by atoms with Gasteiger partial charge in [0.25, 0.3) is 0 Å². The zero-order valence-corrected chi connectivity index (χ0v) is 12.0. The van der Waals surface area contributed by atoms with Gasteiger partial charge in [0.15, 0.2) is 0 Å². The topological polar surface area (TPSA) is 29.1 Å². The molecule has 0 radical (unpaired) electrons. The molecule has 1 unspecified atom stereocenters. The monoisotopic (exact) mass is 297 g/mol. The maximum absolute atomic E-state index is 11.7. The van der Waals surface area contributed by atoms with Crippen LogP contribution in [0.1, 0.15) is 38.3 Å². The Morgan fingerprint density at radius 2 is 1.94 bits per heavy atom. The first kappa shape index (κ1) is 14.2. The standard InChI is InChI=1S/C14H20BrNO/c1-11(2)10-13(16-14(17)8-9-15)12-6-4-3-5-7-12/h3-7,11,13H,8-10H2,1-2H3,(H,16,17). The smallest absolute Gasteiger partial charge is 0.221 e. The molecule has 0 heterocycles. The first-order valence-electron chi connectivity index (χ1n) is 6.03. The molecule has 1 rings (SSSR count). The van der Waals surface area contributed by atoms with Crippen LogP contribution >= 0.6 is 15.9 Å². The van der Waals surface area contributed by atoms with E-state index in [-0.39, 0.29) is 11.9 Å². The summed E-state index contributed by atoms with van der Waals surface area (Å²) in [6.07, 6.45) is 1.50. The summed E-state index contributed by atoms with van der Waals surface area (Å²) in [5, 5.41) is 3.81. The van der Waals surface area contributed by atoms with Crippen molar-refractivity contribution in [3.05, 3.63) is 35.9 Å². The number of benzene rings is 1. The minimum absolute atomic E-state index is 0.108. The molecule has 0 fully saturated rings. The van der Waals surface area contributed by atoms with E-state index in [1.165, 1.54) is 5.56 Å². The van der Waals surface area contributed by atoms with Gasteiger partial charge in [-0.3, -0.25) is 4.79 Å². The van der Waals surface area contributed by atoms with E-state index in [9.17, 15) is 4.79 Å². The van der Waals surface area contributed by atoms with E-state index >= 15 is 0 Å². The molecule has 1 amide bonds. The lowest BCUT2D eigenvalue weighted by Gasteiger charge is -2.21. The molecule has 1 aromatic carbocycles. The normalized spacial score (nSPS) is 12.5. The summed E-state index contributed by atoms with van der Waals surface area (Å²) < 4.78 is 0. The predicted octanol–water partition coefficient (Wildman–Crippen LogP) is 3.68. The van der Waals surface area contributed by atoms with Crippen molar-refractivity contribution >= 4 is 21.8 Å². The summed E-state index contributed by atoms with van der Waals surface area (Å²) >= 11 is 3.29. The van der Waals surface area contributed by atoms with Gasteiger partial charge in [-0.2, -0.15) is 0 Å². The maximum Gasteiger partial charge on any atom is 0.221 e. The van der Waals surface area contributed by atoms with E-state index in [1.807, 2.05) is 18.2 Å². The second-order valence-electron chi connectivity index (χ2n) is 4.60. The fraction of sp³-hybridized carbons (Fsp3) is 0.500. The minimum atomic E-state index is 0.108. The highest BCUT2D eigenvalue weighted by Gasteiger charge is 2.15. The van der Waals surface area contributed by atoms with Gasteiger partial charge < -0.3 is 5.32 Å². The number of alkyl halides is 1. The van der Waals surface area contributed by atoms with Gasteiger partial charge in [-0.15, -0.1) is 0 Å². The zero-order chi connectivity index (χ0) is 12.7. The molecule has 0 aliphatic rings. The molecule has 3 heteroatoms. The molecule has 0 aromatic heterocycles. The predicted molar refractivity (Wildman–Crippen MR) is 75.2 cm³/mol. The van der Waals surface area contributed by atoms with Crippen molar-refractivity contribution in [3.8, 4) is 0 Å². The van der Waals surface area contributed by atoms with Crippen LogP contribution in [-0.2, 0) is 4.79 Å². The van der Waals surface area contributed by atoms with E-state index in [0.717, 1.165) is 6.42 Å². The summed E-state index contributed by atoms with van der Waals surface area (Å²) in [5.41, 5.74) is 1.18. The zero-order valence-electron chi connectivity index (χ0n) is 10.4. The molecule has 0 saturated heterocycles. The molecule has 1 N–H and O–H groups in total. The number of rotatable bonds is 6. The first-order valence-corrected chi connectivity index (χ1v) is 7.16. The summed E-state index contributed by atoms with van der Waals surface area (Å²) in [6, 6.07) is 10.3. The average molecular weight is 298 g/mol. The van der Waals surface area contributed by atoms with Crippen LogP contribution in [0.3, 0.4) is 0 Å². The summed E-state index contributed by atoms with van der Waals surface area (Å²) in [6.45, 7) is 4.35. The second kappa shape index (κ2) is 7.49. The van der Waals surface area contributed by atoms with Crippen molar-refractivity contribution in [2.24, 2.45) is 5.92 Å². The Labute approximate surface area is 112 Å². The van der Waals surface area contributed by atoms with E-state index in [2.05, 4.69) is 47.2 Å². The summed E-state index contributed by atoms with van der Waals surface area (Å²) in [5.74, 6) is 0.667. The third-order valence-electron chi connectivity index (χ3n) is 2.57. The quantitative estimate of drug-likeness (QED) is 0.798. The number of carbonyl (C=O) groups excluding carboxylic acids is 1. The lowest BCUT2D eigenvalue weighted by molar-refractivity contribution is -0.121. The van der Waals surface area contributed by atoms with Crippen LogP contribution < -0.4 is 5.32 Å². The number of amides is 1. The van der Waals surface area contributed by atoms with Gasteiger partial charge in [-0.05, 0) is 17.9 Å². The van der Waals surface area contributed by atoms with E-state index in [1.54, 1.807) is 0 Å². The van der Waals surface area contributed by atoms with Crippen LogP contribution in [0.5, 0.6) is 0 Å². The molecular weight excluding hydrogens is 278 g/mol. The minimum Gasteiger partial charge on any atom is -0.349 e. The Bertz CT molecular complexity index is 337. The molecule has 0 aliphatic carbocycles. The van der Waals surface area contributed by atoms with Gasteiger partial charge in [-0.25, -0.2) is 0 Å². The number of nitrogens with one attached hydrogen (secondary N) is 1. The number of halogens is 1. The van der Waals surface area contributed by atoms with Gasteiger partial charge in [0.05, 0.1) is 6.04 Å². The van der Waals surface area contributed by atoms with E-state index in [0.29, 0.717) is 17.7 Å². The molecule has 1 atom stereocenters. The lowest BCUT2D eigenvalue weighted by atomic mass is 9.97. The van der Waals surface area contributed by atoms with Crippen molar-refractivity contribution in [1.29, 1.82) is 0 Å². The van der Waals surface area contributed by atoms with E-state index < -0.39 is 0 Å². The van der Waals surface area contributed by atoms with Crippen molar-refractivity contribution in [1.82, 2.24) is 5.32 Å². The third-order valence-corrected chi connectivity index (χ3v) is 2.96.